The smallest absolute Gasteiger partial charge is 0.262 e. The molecule has 1 aromatic carbocycles. The van der Waals surface area contributed by atoms with Crippen molar-refractivity contribution in [1.82, 2.24) is 14.5 Å². The van der Waals surface area contributed by atoms with Crippen molar-refractivity contribution in [2.75, 3.05) is 12.3 Å². The van der Waals surface area contributed by atoms with Crippen LogP contribution in [-0.4, -0.2) is 38.7 Å². The minimum Gasteiger partial charge on any atom is -0.339 e. The summed E-state index contributed by atoms with van der Waals surface area (Å²) >= 11 is 1.44. The van der Waals surface area contributed by atoms with E-state index in [1.54, 1.807) is 0 Å². The molecule has 0 N–H and O–H groups in total. The lowest BCUT2D eigenvalue weighted by molar-refractivity contribution is -0.131. The first-order valence-electron chi connectivity index (χ1n) is 11.1. The van der Waals surface area contributed by atoms with E-state index in [1.807, 2.05) is 33.7 Å². The van der Waals surface area contributed by atoms with Crippen molar-refractivity contribution < 1.29 is 4.79 Å². The number of carbonyl (C=O) groups is 1. The summed E-state index contributed by atoms with van der Waals surface area (Å²) in [6.07, 6.45) is 10.3. The Bertz CT molecular complexity index is 914. The molecule has 0 atom stereocenters. The number of hydrogen-bond donors (Lipinski definition) is 0. The molecule has 0 saturated heterocycles. The van der Waals surface area contributed by atoms with Gasteiger partial charge >= 0.3 is 0 Å². The van der Waals surface area contributed by atoms with Gasteiger partial charge in [-0.25, -0.2) is 4.98 Å². The lowest BCUT2D eigenvalue weighted by atomic mass is 9.94. The number of aromatic nitrogens is 2. The lowest BCUT2D eigenvalue weighted by Gasteiger charge is -2.33. The van der Waals surface area contributed by atoms with Crippen LogP contribution in [0.3, 0.4) is 0 Å². The van der Waals surface area contributed by atoms with Gasteiger partial charge in [0.05, 0.1) is 16.7 Å². The summed E-state index contributed by atoms with van der Waals surface area (Å²) in [5.41, 5.74) is 0.762. The van der Waals surface area contributed by atoms with E-state index >= 15 is 0 Å². The van der Waals surface area contributed by atoms with Crippen LogP contribution < -0.4 is 5.56 Å². The summed E-state index contributed by atoms with van der Waals surface area (Å²) in [4.78, 5) is 33.1. The predicted octanol–water partition coefficient (Wildman–Crippen LogP) is 4.78. The van der Waals surface area contributed by atoms with Crippen LogP contribution in [0.5, 0.6) is 0 Å². The number of nitrogens with zero attached hydrogens (tertiary/aromatic N) is 3. The number of para-hydroxylation sites is 1. The Morgan fingerprint density at radius 2 is 1.79 bits per heavy atom. The van der Waals surface area contributed by atoms with Gasteiger partial charge in [-0.05, 0) is 44.7 Å². The lowest BCUT2D eigenvalue weighted by Crippen LogP contribution is -2.42. The van der Waals surface area contributed by atoms with Gasteiger partial charge in [0.25, 0.3) is 5.56 Å². The van der Waals surface area contributed by atoms with Gasteiger partial charge in [0.2, 0.25) is 5.91 Å². The molecule has 2 fully saturated rings. The third-order valence-electron chi connectivity index (χ3n) is 6.47. The minimum atomic E-state index is 0.0390. The molecule has 6 heteroatoms. The number of fused-ring (bicyclic) bond motifs is 1. The Morgan fingerprint density at radius 3 is 2.52 bits per heavy atom. The average Bonchev–Trinajstić information content (AvgIpc) is 3.28. The van der Waals surface area contributed by atoms with E-state index < -0.39 is 0 Å². The van der Waals surface area contributed by atoms with Crippen molar-refractivity contribution in [3.63, 3.8) is 0 Å². The number of carbonyl (C=O) groups excluding carboxylic acids is 1. The highest BCUT2D eigenvalue weighted by Crippen LogP contribution is 2.32. The maximum Gasteiger partial charge on any atom is 0.262 e. The third-order valence-corrected chi connectivity index (χ3v) is 7.40. The maximum atomic E-state index is 13.2. The van der Waals surface area contributed by atoms with E-state index in [9.17, 15) is 9.59 Å². The molecule has 0 unspecified atom stereocenters. The van der Waals surface area contributed by atoms with E-state index in [1.165, 1.54) is 31.0 Å². The summed E-state index contributed by atoms with van der Waals surface area (Å²) in [6, 6.07) is 8.14. The van der Waals surface area contributed by atoms with Gasteiger partial charge in [0, 0.05) is 18.6 Å². The summed E-state index contributed by atoms with van der Waals surface area (Å²) < 4.78 is 1.88. The van der Waals surface area contributed by atoms with Crippen LogP contribution in [0.25, 0.3) is 10.9 Å². The number of hydrogen-bond acceptors (Lipinski definition) is 4. The highest BCUT2D eigenvalue weighted by Gasteiger charge is 2.26. The molecule has 156 valence electrons. The highest BCUT2D eigenvalue weighted by atomic mass is 32.2. The number of amides is 1. The molecule has 2 aromatic rings. The summed E-state index contributed by atoms with van der Waals surface area (Å²) in [5, 5.41) is 1.38. The SMILES string of the molecule is CCN(C(=O)CSc1nc2ccccc2c(=O)n1C1CCCC1)C1CCCCC1. The molecular formula is C23H31N3O2S. The molecule has 1 aromatic heterocycles. The van der Waals surface area contributed by atoms with Crippen LogP contribution in [-0.2, 0) is 4.79 Å². The molecule has 29 heavy (non-hydrogen) atoms. The fourth-order valence-corrected chi connectivity index (χ4v) is 5.90. The van der Waals surface area contributed by atoms with Crippen LogP contribution in [0.2, 0.25) is 0 Å². The third kappa shape index (κ3) is 4.37. The molecule has 1 amide bonds. The minimum absolute atomic E-state index is 0.0390. The van der Waals surface area contributed by atoms with Gasteiger partial charge in [-0.15, -0.1) is 0 Å². The van der Waals surface area contributed by atoms with E-state index in [0.29, 0.717) is 22.3 Å². The van der Waals surface area contributed by atoms with E-state index in [-0.39, 0.29) is 17.5 Å². The molecule has 0 bridgehead atoms. The van der Waals surface area contributed by atoms with E-state index in [0.717, 1.165) is 50.6 Å². The zero-order valence-electron chi connectivity index (χ0n) is 17.3. The molecule has 4 rings (SSSR count). The van der Waals surface area contributed by atoms with Gasteiger partial charge in [-0.2, -0.15) is 0 Å². The van der Waals surface area contributed by atoms with Gasteiger partial charge in [-0.3, -0.25) is 14.2 Å². The molecular weight excluding hydrogens is 382 g/mol. The van der Waals surface area contributed by atoms with E-state index in [2.05, 4.69) is 6.92 Å². The quantitative estimate of drug-likeness (QED) is 0.505. The highest BCUT2D eigenvalue weighted by molar-refractivity contribution is 7.99. The first-order valence-corrected chi connectivity index (χ1v) is 12.1. The largest absolute Gasteiger partial charge is 0.339 e. The molecule has 2 aliphatic rings. The van der Waals surface area contributed by atoms with E-state index in [4.69, 9.17) is 4.98 Å². The topological polar surface area (TPSA) is 55.2 Å². The number of thioether (sulfide) groups is 1. The molecule has 0 radical (unpaired) electrons. The molecule has 0 spiro atoms. The van der Waals surface area contributed by atoms with Gasteiger partial charge in [0.15, 0.2) is 5.16 Å². The molecule has 2 saturated carbocycles. The fourth-order valence-electron chi connectivity index (χ4n) is 4.95. The Morgan fingerprint density at radius 1 is 1.10 bits per heavy atom. The van der Waals surface area contributed by atoms with Crippen LogP contribution in [0.1, 0.15) is 70.8 Å². The van der Waals surface area contributed by atoms with Gasteiger partial charge in [-0.1, -0.05) is 56.0 Å². The number of benzene rings is 1. The van der Waals surface area contributed by atoms with Crippen molar-refractivity contribution in [3.8, 4) is 0 Å². The first kappa shape index (κ1) is 20.5. The average molecular weight is 414 g/mol. The Balaban J connectivity index is 1.58. The second kappa shape index (κ2) is 9.33. The summed E-state index contributed by atoms with van der Waals surface area (Å²) in [6.45, 7) is 2.82. The van der Waals surface area contributed by atoms with Crippen molar-refractivity contribution in [1.29, 1.82) is 0 Å². The van der Waals surface area contributed by atoms with Crippen molar-refractivity contribution in [2.24, 2.45) is 0 Å². The normalized spacial score (nSPS) is 18.4. The Hall–Kier alpha value is -1.82. The Labute approximate surface area is 176 Å². The molecule has 1 heterocycles. The molecule has 0 aliphatic heterocycles. The number of rotatable bonds is 6. The van der Waals surface area contributed by atoms with Crippen LogP contribution in [0, 0.1) is 0 Å². The maximum absolute atomic E-state index is 13.2. The zero-order chi connectivity index (χ0) is 20.2. The molecule has 5 nitrogen and oxygen atoms in total. The fraction of sp³-hybridized carbons (Fsp3) is 0.609. The Kier molecular flexibility index (Phi) is 6.58. The van der Waals surface area contributed by atoms with Crippen molar-refractivity contribution in [3.05, 3.63) is 34.6 Å². The summed E-state index contributed by atoms with van der Waals surface area (Å²) in [7, 11) is 0. The standard InChI is InChI=1S/C23H31N3O2S/c1-2-25(17-10-4-3-5-11-17)21(27)16-29-23-24-20-15-9-8-14-19(20)22(28)26(23)18-12-6-7-13-18/h8-9,14-15,17-18H,2-7,10-13,16H2,1H3. The first-order chi connectivity index (χ1) is 14.2. The van der Waals surface area contributed by atoms with Crippen molar-refractivity contribution in [2.45, 2.75) is 82.0 Å². The van der Waals surface area contributed by atoms with Crippen LogP contribution >= 0.6 is 11.8 Å². The predicted molar refractivity (Wildman–Crippen MR) is 118 cm³/mol. The second-order valence-electron chi connectivity index (χ2n) is 8.29. The second-order valence-corrected chi connectivity index (χ2v) is 9.23. The van der Waals surface area contributed by atoms with Gasteiger partial charge < -0.3 is 4.90 Å². The summed E-state index contributed by atoms with van der Waals surface area (Å²) in [5.74, 6) is 0.520. The molecule has 2 aliphatic carbocycles. The van der Waals surface area contributed by atoms with Gasteiger partial charge in [0.1, 0.15) is 0 Å². The van der Waals surface area contributed by atoms with Crippen LogP contribution in [0.15, 0.2) is 34.2 Å². The monoisotopic (exact) mass is 413 g/mol. The zero-order valence-corrected chi connectivity index (χ0v) is 18.1. The van der Waals surface area contributed by atoms with Crippen LogP contribution in [0.4, 0.5) is 0 Å². The van der Waals surface area contributed by atoms with Crippen molar-refractivity contribution >= 4 is 28.6 Å².